The molecule has 3 rings (SSSR count). The van der Waals surface area contributed by atoms with E-state index in [4.69, 9.17) is 4.98 Å². The lowest BCUT2D eigenvalue weighted by atomic mass is 10.1. The molecule has 1 aliphatic rings. The van der Waals surface area contributed by atoms with Crippen LogP contribution in [0.5, 0.6) is 0 Å². The van der Waals surface area contributed by atoms with E-state index in [9.17, 15) is 4.39 Å². The first-order valence-electron chi connectivity index (χ1n) is 8.29. The molecule has 23 heavy (non-hydrogen) atoms. The van der Waals surface area contributed by atoms with Gasteiger partial charge in [0.2, 0.25) is 0 Å². The topological polar surface area (TPSA) is 24.9 Å². The number of hydrogen-bond donors (Lipinski definition) is 1. The van der Waals surface area contributed by atoms with Crippen LogP contribution < -0.4 is 5.32 Å². The Labute approximate surface area is 141 Å². The predicted octanol–water partition coefficient (Wildman–Crippen LogP) is 4.16. The summed E-state index contributed by atoms with van der Waals surface area (Å²) in [4.78, 5) is 4.78. The van der Waals surface area contributed by atoms with E-state index in [0.717, 1.165) is 31.6 Å². The smallest absolute Gasteiger partial charge is 0.123 e. The van der Waals surface area contributed by atoms with Crippen LogP contribution in [0.25, 0.3) is 0 Å². The summed E-state index contributed by atoms with van der Waals surface area (Å²) in [6.45, 7) is 4.26. The highest BCUT2D eigenvalue weighted by Crippen LogP contribution is 2.30. The Morgan fingerprint density at radius 3 is 2.57 bits per heavy atom. The van der Waals surface area contributed by atoms with Gasteiger partial charge < -0.3 is 5.32 Å². The van der Waals surface area contributed by atoms with Crippen LogP contribution in [0.1, 0.15) is 29.7 Å². The van der Waals surface area contributed by atoms with E-state index < -0.39 is 0 Å². The van der Waals surface area contributed by atoms with Crippen LogP contribution in [-0.2, 0) is 12.8 Å². The van der Waals surface area contributed by atoms with Crippen LogP contribution in [0.4, 0.5) is 4.39 Å². The van der Waals surface area contributed by atoms with Crippen LogP contribution in [0.2, 0.25) is 0 Å². The summed E-state index contributed by atoms with van der Waals surface area (Å²) >= 11 is 1.93. The van der Waals surface area contributed by atoms with Gasteiger partial charge in [-0.15, -0.1) is 11.8 Å². The number of benzene rings is 1. The molecule has 0 radical (unpaired) electrons. The minimum absolute atomic E-state index is 0.173. The fourth-order valence-electron chi connectivity index (χ4n) is 2.86. The minimum atomic E-state index is -0.173. The summed E-state index contributed by atoms with van der Waals surface area (Å²) in [5.74, 6) is -0.173. The molecule has 0 amide bonds. The van der Waals surface area contributed by atoms with E-state index in [1.807, 2.05) is 23.9 Å². The van der Waals surface area contributed by atoms with Gasteiger partial charge in [-0.3, -0.25) is 0 Å². The van der Waals surface area contributed by atoms with Gasteiger partial charge in [0.25, 0.3) is 0 Å². The van der Waals surface area contributed by atoms with Crippen LogP contribution >= 0.6 is 11.8 Å². The van der Waals surface area contributed by atoms with Gasteiger partial charge in [0.1, 0.15) is 5.82 Å². The Bertz CT molecular complexity index is 636. The van der Waals surface area contributed by atoms with E-state index in [2.05, 4.69) is 24.4 Å². The minimum Gasteiger partial charge on any atom is -0.317 e. The number of aromatic nitrogens is 1. The first kappa shape index (κ1) is 16.5. The number of rotatable bonds is 5. The Balaban J connectivity index is 1.69. The maximum absolute atomic E-state index is 13.0. The lowest BCUT2D eigenvalue weighted by Gasteiger charge is -2.22. The molecule has 0 saturated carbocycles. The van der Waals surface area contributed by atoms with Crippen LogP contribution in [-0.4, -0.2) is 23.3 Å². The number of piperidine rings is 1. The number of halogens is 1. The average Bonchev–Trinajstić information content (AvgIpc) is 2.57. The highest BCUT2D eigenvalue weighted by Gasteiger charge is 2.17. The Morgan fingerprint density at radius 2 is 1.83 bits per heavy atom. The van der Waals surface area contributed by atoms with Gasteiger partial charge in [-0.1, -0.05) is 18.2 Å². The second-order valence-corrected chi connectivity index (χ2v) is 7.40. The molecule has 1 aromatic carbocycles. The SMILES string of the molecule is Cc1ccc(CCc2ccc(F)cc2)c(SC2CCNCC2)n1. The molecule has 0 aliphatic carbocycles. The van der Waals surface area contributed by atoms with Crippen molar-refractivity contribution in [3.05, 3.63) is 59.0 Å². The normalized spacial score (nSPS) is 15.7. The number of aryl methyl sites for hydroxylation is 3. The average molecular weight is 330 g/mol. The van der Waals surface area contributed by atoms with Gasteiger partial charge >= 0.3 is 0 Å². The molecule has 2 nitrogen and oxygen atoms in total. The van der Waals surface area contributed by atoms with Crippen molar-refractivity contribution in [2.45, 2.75) is 42.9 Å². The second kappa shape index (κ2) is 7.93. The molecule has 1 aliphatic heterocycles. The highest BCUT2D eigenvalue weighted by molar-refractivity contribution is 7.99. The fourth-order valence-corrected chi connectivity index (χ4v) is 4.16. The van der Waals surface area contributed by atoms with Gasteiger partial charge in [0, 0.05) is 10.9 Å². The summed E-state index contributed by atoms with van der Waals surface area (Å²) in [6, 6.07) is 11.1. The molecule has 122 valence electrons. The van der Waals surface area contributed by atoms with Gasteiger partial charge in [-0.25, -0.2) is 9.37 Å². The molecular formula is C19H23FN2S. The van der Waals surface area contributed by atoms with Gasteiger partial charge in [-0.2, -0.15) is 0 Å². The largest absolute Gasteiger partial charge is 0.317 e. The third-order valence-corrected chi connectivity index (χ3v) is 5.62. The third-order valence-electron chi connectivity index (χ3n) is 4.24. The van der Waals surface area contributed by atoms with Crippen LogP contribution in [0, 0.1) is 12.7 Å². The van der Waals surface area contributed by atoms with Crippen LogP contribution in [0.3, 0.4) is 0 Å². The quantitative estimate of drug-likeness (QED) is 0.891. The zero-order chi connectivity index (χ0) is 16.1. The maximum atomic E-state index is 13.0. The van der Waals surface area contributed by atoms with Crippen LogP contribution in [0.15, 0.2) is 41.4 Å². The fraction of sp³-hybridized carbons (Fsp3) is 0.421. The van der Waals surface area contributed by atoms with Gasteiger partial charge in [-0.05, 0) is 75.0 Å². The highest BCUT2D eigenvalue weighted by atomic mass is 32.2. The first-order valence-corrected chi connectivity index (χ1v) is 9.17. The summed E-state index contributed by atoms with van der Waals surface area (Å²) in [5.41, 5.74) is 3.56. The van der Waals surface area contributed by atoms with Crippen molar-refractivity contribution in [2.24, 2.45) is 0 Å². The monoisotopic (exact) mass is 330 g/mol. The molecule has 0 unspecified atom stereocenters. The summed E-state index contributed by atoms with van der Waals surface area (Å²) in [7, 11) is 0. The van der Waals surface area contributed by atoms with E-state index in [-0.39, 0.29) is 5.82 Å². The molecule has 4 heteroatoms. The first-order chi connectivity index (χ1) is 11.2. The van der Waals surface area contributed by atoms with E-state index in [1.54, 1.807) is 0 Å². The third kappa shape index (κ3) is 4.79. The number of nitrogens with one attached hydrogen (secondary N) is 1. The van der Waals surface area contributed by atoms with Crippen molar-refractivity contribution in [2.75, 3.05) is 13.1 Å². The summed E-state index contributed by atoms with van der Waals surface area (Å²) < 4.78 is 13.0. The molecule has 2 heterocycles. The number of pyridine rings is 1. The van der Waals surface area contributed by atoms with Crippen molar-refractivity contribution >= 4 is 11.8 Å². The number of thioether (sulfide) groups is 1. The van der Waals surface area contributed by atoms with Crippen molar-refractivity contribution in [1.29, 1.82) is 0 Å². The Hall–Kier alpha value is -1.39. The molecule has 1 saturated heterocycles. The van der Waals surface area contributed by atoms with Crippen molar-refractivity contribution in [3.8, 4) is 0 Å². The van der Waals surface area contributed by atoms with E-state index in [1.165, 1.54) is 41.1 Å². The summed E-state index contributed by atoms with van der Waals surface area (Å²) in [5, 5.41) is 5.26. The molecule has 0 atom stereocenters. The lowest BCUT2D eigenvalue weighted by molar-refractivity contribution is 0.531. The standard InChI is InChI=1S/C19H23FN2S/c1-14-2-6-16(7-3-15-4-8-17(20)9-5-15)19(22-14)23-18-10-12-21-13-11-18/h2,4-6,8-9,18,21H,3,7,10-13H2,1H3. The number of hydrogen-bond acceptors (Lipinski definition) is 3. The zero-order valence-electron chi connectivity index (χ0n) is 13.5. The van der Waals surface area contributed by atoms with Crippen molar-refractivity contribution < 1.29 is 4.39 Å². The van der Waals surface area contributed by atoms with Crippen molar-refractivity contribution in [3.63, 3.8) is 0 Å². The van der Waals surface area contributed by atoms with E-state index in [0.29, 0.717) is 5.25 Å². The molecule has 0 bridgehead atoms. The predicted molar refractivity (Wildman–Crippen MR) is 94.5 cm³/mol. The number of nitrogens with zero attached hydrogens (tertiary/aromatic N) is 1. The zero-order valence-corrected chi connectivity index (χ0v) is 14.3. The summed E-state index contributed by atoms with van der Waals surface area (Å²) in [6.07, 6.45) is 4.28. The Kier molecular flexibility index (Phi) is 5.68. The van der Waals surface area contributed by atoms with Crippen molar-refractivity contribution in [1.82, 2.24) is 10.3 Å². The molecule has 2 aromatic rings. The molecule has 1 N–H and O–H groups in total. The lowest BCUT2D eigenvalue weighted by Crippen LogP contribution is -2.29. The van der Waals surface area contributed by atoms with E-state index >= 15 is 0 Å². The molecule has 1 fully saturated rings. The maximum Gasteiger partial charge on any atom is 0.123 e. The molecule has 1 aromatic heterocycles. The molecular weight excluding hydrogens is 307 g/mol. The second-order valence-electron chi connectivity index (χ2n) is 6.11. The Morgan fingerprint density at radius 1 is 1.09 bits per heavy atom. The van der Waals surface area contributed by atoms with Gasteiger partial charge in [0.15, 0.2) is 0 Å². The molecule has 0 spiro atoms. The van der Waals surface area contributed by atoms with Gasteiger partial charge in [0.05, 0.1) is 5.03 Å².